The molecule has 2 aliphatic heterocycles. The fraction of sp³-hybridized carbons (Fsp3) is 0.350. The topological polar surface area (TPSA) is 51.0 Å². The molecule has 2 aromatic heterocycles. The molecule has 0 N–H and O–H groups in total. The zero-order chi connectivity index (χ0) is 21.0. The van der Waals surface area contributed by atoms with Gasteiger partial charge in [-0.2, -0.15) is 13.2 Å². The number of alkyl halides is 3. The third-order valence-electron chi connectivity index (χ3n) is 5.73. The van der Waals surface area contributed by atoms with Crippen molar-refractivity contribution in [2.45, 2.75) is 44.1 Å². The molecule has 2 aliphatic rings. The maximum absolute atomic E-state index is 13.4. The van der Waals surface area contributed by atoms with Gasteiger partial charge < -0.3 is 9.47 Å². The van der Waals surface area contributed by atoms with E-state index in [-0.39, 0.29) is 17.6 Å². The van der Waals surface area contributed by atoms with Crippen LogP contribution in [0, 0.1) is 0 Å². The van der Waals surface area contributed by atoms with Crippen LogP contribution in [0.4, 0.5) is 13.2 Å². The molecule has 0 aliphatic carbocycles. The third kappa shape index (κ3) is 3.02. The SMILES string of the molecule is O=C(c1cccc(C(F)(F)F)c1Cl)N1C2CCCC1c1nnc(-c3cccs3)n1C2. The van der Waals surface area contributed by atoms with Gasteiger partial charge >= 0.3 is 6.18 Å². The fourth-order valence-corrected chi connectivity index (χ4v) is 5.45. The molecule has 1 fully saturated rings. The zero-order valence-corrected chi connectivity index (χ0v) is 17.1. The first-order valence-corrected chi connectivity index (χ1v) is 10.8. The van der Waals surface area contributed by atoms with E-state index in [0.717, 1.165) is 29.6 Å². The predicted molar refractivity (Wildman–Crippen MR) is 106 cm³/mol. The van der Waals surface area contributed by atoms with Crippen molar-refractivity contribution in [2.24, 2.45) is 0 Å². The number of benzene rings is 1. The largest absolute Gasteiger partial charge is 0.417 e. The highest BCUT2D eigenvalue weighted by Gasteiger charge is 2.44. The predicted octanol–water partition coefficient (Wildman–Crippen LogP) is 5.43. The van der Waals surface area contributed by atoms with Crippen LogP contribution in [0.5, 0.6) is 0 Å². The van der Waals surface area contributed by atoms with Gasteiger partial charge in [0.25, 0.3) is 5.91 Å². The minimum absolute atomic E-state index is 0.130. The molecule has 2 bridgehead atoms. The van der Waals surface area contributed by atoms with Crippen molar-refractivity contribution < 1.29 is 18.0 Å². The Morgan fingerprint density at radius 1 is 1.17 bits per heavy atom. The number of nitrogens with zero attached hydrogens (tertiary/aromatic N) is 4. The number of hydrogen-bond acceptors (Lipinski definition) is 4. The van der Waals surface area contributed by atoms with E-state index in [4.69, 9.17) is 11.6 Å². The van der Waals surface area contributed by atoms with Crippen LogP contribution in [0.15, 0.2) is 35.7 Å². The highest BCUT2D eigenvalue weighted by Crippen LogP contribution is 2.43. The summed E-state index contributed by atoms with van der Waals surface area (Å²) in [6.45, 7) is 0.508. The standard InChI is InChI=1S/C20H16ClF3N4OS/c21-16-12(5-2-6-13(16)20(22,23)24)19(29)28-11-4-1-7-14(28)17-25-26-18(27(17)10-11)15-8-3-9-30-15/h2-3,5-6,8-9,11,14H,1,4,7,10H2. The number of halogens is 4. The van der Waals surface area contributed by atoms with Gasteiger partial charge in [0.2, 0.25) is 0 Å². The summed E-state index contributed by atoms with van der Waals surface area (Å²) in [7, 11) is 0. The Labute approximate surface area is 179 Å². The summed E-state index contributed by atoms with van der Waals surface area (Å²) in [4.78, 5) is 16.0. The molecule has 2 unspecified atom stereocenters. The number of carbonyl (C=O) groups is 1. The van der Waals surface area contributed by atoms with Gasteiger partial charge in [-0.15, -0.1) is 21.5 Å². The summed E-state index contributed by atoms with van der Waals surface area (Å²) in [6, 6.07) is 6.89. The number of hydrogen-bond donors (Lipinski definition) is 0. The monoisotopic (exact) mass is 452 g/mol. The summed E-state index contributed by atoms with van der Waals surface area (Å²) >= 11 is 7.60. The van der Waals surface area contributed by atoms with Crippen LogP contribution in [-0.2, 0) is 12.7 Å². The highest BCUT2D eigenvalue weighted by atomic mass is 35.5. The van der Waals surface area contributed by atoms with Gasteiger partial charge in [-0.1, -0.05) is 23.7 Å². The Kier molecular flexibility index (Phi) is 4.62. The molecule has 4 heterocycles. The van der Waals surface area contributed by atoms with E-state index in [1.165, 1.54) is 12.1 Å². The number of piperidine rings is 1. The van der Waals surface area contributed by atoms with E-state index in [1.807, 2.05) is 22.1 Å². The van der Waals surface area contributed by atoms with Crippen LogP contribution in [0.3, 0.4) is 0 Å². The van der Waals surface area contributed by atoms with Gasteiger partial charge in [-0.3, -0.25) is 4.79 Å². The number of thiophene rings is 1. The summed E-state index contributed by atoms with van der Waals surface area (Å²) in [5.41, 5.74) is -1.13. The molecular formula is C20H16ClF3N4OS. The molecule has 5 nitrogen and oxygen atoms in total. The van der Waals surface area contributed by atoms with E-state index in [2.05, 4.69) is 10.2 Å². The van der Waals surface area contributed by atoms with Crippen molar-refractivity contribution in [3.05, 3.63) is 57.7 Å². The Morgan fingerprint density at radius 2 is 2.00 bits per heavy atom. The maximum Gasteiger partial charge on any atom is 0.417 e. The minimum Gasteiger partial charge on any atom is -0.324 e. The first-order chi connectivity index (χ1) is 14.4. The molecule has 0 spiro atoms. The molecule has 1 amide bonds. The summed E-state index contributed by atoms with van der Waals surface area (Å²) in [6.07, 6.45) is -2.26. The molecule has 0 saturated carbocycles. The maximum atomic E-state index is 13.4. The van der Waals surface area contributed by atoms with Crippen LogP contribution < -0.4 is 0 Å². The molecule has 3 aromatic rings. The number of aromatic nitrogens is 3. The lowest BCUT2D eigenvalue weighted by molar-refractivity contribution is -0.137. The van der Waals surface area contributed by atoms with E-state index in [0.29, 0.717) is 18.8 Å². The van der Waals surface area contributed by atoms with Gasteiger partial charge in [0, 0.05) is 6.54 Å². The average molecular weight is 453 g/mol. The molecule has 5 rings (SSSR count). The van der Waals surface area contributed by atoms with Gasteiger partial charge in [-0.25, -0.2) is 0 Å². The van der Waals surface area contributed by atoms with Crippen molar-refractivity contribution in [2.75, 3.05) is 0 Å². The van der Waals surface area contributed by atoms with Crippen LogP contribution in [0.1, 0.15) is 47.1 Å². The molecule has 0 radical (unpaired) electrons. The first-order valence-electron chi connectivity index (χ1n) is 9.51. The molecular weight excluding hydrogens is 437 g/mol. The lowest BCUT2D eigenvalue weighted by atomic mass is 9.90. The van der Waals surface area contributed by atoms with E-state index < -0.39 is 22.7 Å². The number of rotatable bonds is 2. The smallest absolute Gasteiger partial charge is 0.324 e. The molecule has 30 heavy (non-hydrogen) atoms. The molecule has 1 aromatic carbocycles. The number of fused-ring (bicyclic) bond motifs is 4. The normalized spacial score (nSPS) is 20.9. The fourth-order valence-electron chi connectivity index (χ4n) is 4.42. The van der Waals surface area contributed by atoms with Crippen molar-refractivity contribution >= 4 is 28.8 Å². The van der Waals surface area contributed by atoms with Crippen molar-refractivity contribution in [3.63, 3.8) is 0 Å². The number of carbonyl (C=O) groups excluding carboxylic acids is 1. The Bertz CT molecular complexity index is 1110. The van der Waals surface area contributed by atoms with Crippen molar-refractivity contribution in [3.8, 4) is 10.7 Å². The van der Waals surface area contributed by atoms with E-state index in [9.17, 15) is 18.0 Å². The Hall–Kier alpha value is -2.39. The zero-order valence-electron chi connectivity index (χ0n) is 15.6. The number of amides is 1. The molecule has 10 heteroatoms. The van der Waals surface area contributed by atoms with Crippen molar-refractivity contribution in [1.29, 1.82) is 0 Å². The van der Waals surface area contributed by atoms with Gasteiger partial charge in [0.15, 0.2) is 11.6 Å². The first kappa shape index (κ1) is 19.6. The molecule has 1 saturated heterocycles. The molecule has 2 atom stereocenters. The van der Waals surface area contributed by atoms with Gasteiger partial charge in [0.05, 0.1) is 33.1 Å². The quantitative estimate of drug-likeness (QED) is 0.521. The second kappa shape index (κ2) is 7.09. The molecule has 156 valence electrons. The Morgan fingerprint density at radius 3 is 2.73 bits per heavy atom. The highest BCUT2D eigenvalue weighted by molar-refractivity contribution is 7.13. The minimum atomic E-state index is -4.62. The van der Waals surface area contributed by atoms with Gasteiger partial charge in [-0.05, 0) is 42.8 Å². The summed E-state index contributed by atoms with van der Waals surface area (Å²) in [5.74, 6) is 0.944. The lowest BCUT2D eigenvalue weighted by Crippen LogP contribution is -2.52. The van der Waals surface area contributed by atoms with E-state index in [1.54, 1.807) is 16.2 Å². The Balaban J connectivity index is 1.55. The lowest BCUT2D eigenvalue weighted by Gasteiger charge is -2.45. The van der Waals surface area contributed by atoms with E-state index >= 15 is 0 Å². The van der Waals surface area contributed by atoms with Gasteiger partial charge in [0.1, 0.15) is 0 Å². The second-order valence-corrected chi connectivity index (χ2v) is 8.77. The van der Waals surface area contributed by atoms with Crippen LogP contribution in [0.2, 0.25) is 5.02 Å². The average Bonchev–Trinajstić information content (AvgIpc) is 3.35. The summed E-state index contributed by atoms with van der Waals surface area (Å²) in [5, 5.41) is 10.1. The van der Waals surface area contributed by atoms with Crippen LogP contribution in [0.25, 0.3) is 10.7 Å². The van der Waals surface area contributed by atoms with Crippen molar-refractivity contribution in [1.82, 2.24) is 19.7 Å². The third-order valence-corrected chi connectivity index (χ3v) is 7.00. The van der Waals surface area contributed by atoms with Crippen LogP contribution in [-0.4, -0.2) is 31.6 Å². The summed E-state index contributed by atoms with van der Waals surface area (Å²) < 4.78 is 41.8. The second-order valence-electron chi connectivity index (χ2n) is 7.45. The van der Waals surface area contributed by atoms with Crippen LogP contribution >= 0.6 is 22.9 Å².